The molecule has 0 bridgehead atoms. The first-order valence-electron chi connectivity index (χ1n) is 4.29. The molecule has 76 valence electrons. The van der Waals surface area contributed by atoms with Crippen LogP contribution in [-0.2, 0) is 4.74 Å². The Bertz CT molecular complexity index is 363. The van der Waals surface area contributed by atoms with E-state index in [1.165, 1.54) is 6.07 Å². The third-order valence-corrected chi connectivity index (χ3v) is 2.07. The predicted molar refractivity (Wildman–Crippen MR) is 56.6 cm³/mol. The Kier molecular flexibility index (Phi) is 3.36. The van der Waals surface area contributed by atoms with Crippen molar-refractivity contribution in [3.05, 3.63) is 28.3 Å². The fourth-order valence-corrected chi connectivity index (χ4v) is 1.40. The van der Waals surface area contributed by atoms with Crippen LogP contribution in [0.5, 0.6) is 0 Å². The van der Waals surface area contributed by atoms with Gasteiger partial charge in [0.05, 0.1) is 12.2 Å². The van der Waals surface area contributed by atoms with Crippen molar-refractivity contribution in [3.63, 3.8) is 0 Å². The largest absolute Gasteiger partial charge is 0.462 e. The van der Waals surface area contributed by atoms with E-state index >= 15 is 0 Å². The standard InChI is InChI=1S/C10H12ClNO2/c1-3-14-10(13)8-5-7(11)4-6(2)9(8)12/h4-5H,3,12H2,1-2H3. The number of hydrogen-bond acceptors (Lipinski definition) is 3. The van der Waals surface area contributed by atoms with Crippen LogP contribution in [0.25, 0.3) is 0 Å². The number of nitrogens with two attached hydrogens (primary N) is 1. The topological polar surface area (TPSA) is 52.3 Å². The van der Waals surface area contributed by atoms with Gasteiger partial charge in [-0.3, -0.25) is 0 Å². The molecule has 0 aromatic heterocycles. The summed E-state index contributed by atoms with van der Waals surface area (Å²) in [5.41, 5.74) is 7.26. The monoisotopic (exact) mass is 213 g/mol. The summed E-state index contributed by atoms with van der Waals surface area (Å²) in [5, 5.41) is 0.486. The van der Waals surface area contributed by atoms with Crippen LogP contribution in [0.4, 0.5) is 5.69 Å². The molecule has 0 amide bonds. The Morgan fingerprint density at radius 3 is 2.79 bits per heavy atom. The van der Waals surface area contributed by atoms with E-state index in [-0.39, 0.29) is 0 Å². The maximum absolute atomic E-state index is 11.4. The molecule has 3 nitrogen and oxygen atoms in total. The number of rotatable bonds is 2. The summed E-state index contributed by atoms with van der Waals surface area (Å²) in [4.78, 5) is 11.4. The Balaban J connectivity index is 3.13. The van der Waals surface area contributed by atoms with Crippen molar-refractivity contribution >= 4 is 23.3 Å². The van der Waals surface area contributed by atoms with E-state index in [4.69, 9.17) is 22.1 Å². The maximum atomic E-state index is 11.4. The number of halogens is 1. The molecule has 1 aromatic carbocycles. The summed E-state index contributed by atoms with van der Waals surface area (Å²) >= 11 is 5.80. The van der Waals surface area contributed by atoms with Gasteiger partial charge in [0, 0.05) is 10.7 Å². The summed E-state index contributed by atoms with van der Waals surface area (Å²) in [6.45, 7) is 3.86. The molecule has 2 N–H and O–H groups in total. The van der Waals surface area contributed by atoms with Crippen molar-refractivity contribution < 1.29 is 9.53 Å². The van der Waals surface area contributed by atoms with E-state index in [0.717, 1.165) is 5.56 Å². The molecule has 0 fully saturated rings. The van der Waals surface area contributed by atoms with Gasteiger partial charge in [0.1, 0.15) is 0 Å². The summed E-state index contributed by atoms with van der Waals surface area (Å²) in [5.74, 6) is -0.435. The molecule has 0 saturated carbocycles. The normalized spacial score (nSPS) is 9.93. The van der Waals surface area contributed by atoms with E-state index in [1.54, 1.807) is 19.9 Å². The molecule has 1 aromatic rings. The molecule has 0 spiro atoms. The molecule has 14 heavy (non-hydrogen) atoms. The molecule has 1 rings (SSSR count). The molecule has 0 radical (unpaired) electrons. The van der Waals surface area contributed by atoms with Crippen LogP contribution in [0.15, 0.2) is 12.1 Å². The summed E-state index contributed by atoms with van der Waals surface area (Å²) < 4.78 is 4.84. The zero-order valence-electron chi connectivity index (χ0n) is 8.13. The first kappa shape index (κ1) is 10.9. The van der Waals surface area contributed by atoms with Crippen LogP contribution in [0.3, 0.4) is 0 Å². The SMILES string of the molecule is CCOC(=O)c1cc(Cl)cc(C)c1N. The number of ether oxygens (including phenoxy) is 1. The fraction of sp³-hybridized carbons (Fsp3) is 0.300. The van der Waals surface area contributed by atoms with Crippen molar-refractivity contribution in [2.75, 3.05) is 12.3 Å². The first-order chi connectivity index (χ1) is 6.56. The maximum Gasteiger partial charge on any atom is 0.340 e. The smallest absolute Gasteiger partial charge is 0.340 e. The molecule has 0 saturated heterocycles. The lowest BCUT2D eigenvalue weighted by atomic mass is 10.1. The summed E-state index contributed by atoms with van der Waals surface area (Å²) in [6.07, 6.45) is 0. The highest BCUT2D eigenvalue weighted by molar-refractivity contribution is 6.31. The predicted octanol–water partition coefficient (Wildman–Crippen LogP) is 2.41. The number of nitrogen functional groups attached to an aromatic ring is 1. The number of aryl methyl sites for hydroxylation is 1. The minimum Gasteiger partial charge on any atom is -0.462 e. The second kappa shape index (κ2) is 4.33. The lowest BCUT2D eigenvalue weighted by Gasteiger charge is -2.08. The molecule has 0 aliphatic rings. The first-order valence-corrected chi connectivity index (χ1v) is 4.66. The highest BCUT2D eigenvalue weighted by atomic mass is 35.5. The Morgan fingerprint density at radius 2 is 2.21 bits per heavy atom. The number of anilines is 1. The van der Waals surface area contributed by atoms with Gasteiger partial charge < -0.3 is 10.5 Å². The third kappa shape index (κ3) is 2.17. The highest BCUT2D eigenvalue weighted by Crippen LogP contribution is 2.23. The number of carbonyl (C=O) groups is 1. The van der Waals surface area contributed by atoms with Crippen LogP contribution in [0, 0.1) is 6.92 Å². The summed E-state index contributed by atoms with van der Waals surface area (Å²) in [6, 6.07) is 3.22. The molecule has 0 aliphatic heterocycles. The van der Waals surface area contributed by atoms with Crippen LogP contribution in [-0.4, -0.2) is 12.6 Å². The van der Waals surface area contributed by atoms with Crippen molar-refractivity contribution in [1.82, 2.24) is 0 Å². The summed E-state index contributed by atoms with van der Waals surface area (Å²) in [7, 11) is 0. The van der Waals surface area contributed by atoms with Gasteiger partial charge in [-0.2, -0.15) is 0 Å². The van der Waals surface area contributed by atoms with Crippen molar-refractivity contribution in [2.24, 2.45) is 0 Å². The number of benzene rings is 1. The van der Waals surface area contributed by atoms with E-state index in [2.05, 4.69) is 0 Å². The second-order valence-electron chi connectivity index (χ2n) is 2.90. The van der Waals surface area contributed by atoms with E-state index < -0.39 is 5.97 Å². The minimum absolute atomic E-state index is 0.323. The number of carbonyl (C=O) groups excluding carboxylic acids is 1. The van der Waals surface area contributed by atoms with Gasteiger partial charge in [0.15, 0.2) is 0 Å². The molecule has 4 heteroatoms. The number of esters is 1. The molecule has 0 heterocycles. The second-order valence-corrected chi connectivity index (χ2v) is 3.34. The van der Waals surface area contributed by atoms with E-state index in [1.807, 2.05) is 0 Å². The molecular weight excluding hydrogens is 202 g/mol. The fourth-order valence-electron chi connectivity index (χ4n) is 1.13. The van der Waals surface area contributed by atoms with Gasteiger partial charge in [0.25, 0.3) is 0 Å². The van der Waals surface area contributed by atoms with Crippen LogP contribution >= 0.6 is 11.6 Å². The molecule has 0 aliphatic carbocycles. The quantitative estimate of drug-likeness (QED) is 0.606. The van der Waals surface area contributed by atoms with Gasteiger partial charge >= 0.3 is 5.97 Å². The number of hydrogen-bond donors (Lipinski definition) is 1. The van der Waals surface area contributed by atoms with Crippen LogP contribution in [0.2, 0.25) is 5.02 Å². The molecule has 0 atom stereocenters. The van der Waals surface area contributed by atoms with Gasteiger partial charge in [-0.25, -0.2) is 4.79 Å². The minimum atomic E-state index is -0.435. The van der Waals surface area contributed by atoms with Gasteiger partial charge in [-0.1, -0.05) is 11.6 Å². The molecular formula is C10H12ClNO2. The average Bonchev–Trinajstić information content (AvgIpc) is 2.11. The Morgan fingerprint density at radius 1 is 1.57 bits per heavy atom. The third-order valence-electron chi connectivity index (χ3n) is 1.85. The van der Waals surface area contributed by atoms with Crippen molar-refractivity contribution in [3.8, 4) is 0 Å². The lowest BCUT2D eigenvalue weighted by Crippen LogP contribution is -2.09. The molecule has 0 unspecified atom stereocenters. The van der Waals surface area contributed by atoms with Gasteiger partial charge in [-0.05, 0) is 31.5 Å². The Labute approximate surface area is 87.8 Å². The van der Waals surface area contributed by atoms with Crippen molar-refractivity contribution in [1.29, 1.82) is 0 Å². The average molecular weight is 214 g/mol. The van der Waals surface area contributed by atoms with E-state index in [0.29, 0.717) is 22.9 Å². The van der Waals surface area contributed by atoms with E-state index in [9.17, 15) is 4.79 Å². The Hall–Kier alpha value is -1.22. The lowest BCUT2D eigenvalue weighted by molar-refractivity contribution is 0.0527. The highest BCUT2D eigenvalue weighted by Gasteiger charge is 2.13. The van der Waals surface area contributed by atoms with Gasteiger partial charge in [-0.15, -0.1) is 0 Å². The zero-order valence-corrected chi connectivity index (χ0v) is 8.89. The van der Waals surface area contributed by atoms with Crippen molar-refractivity contribution in [2.45, 2.75) is 13.8 Å². The van der Waals surface area contributed by atoms with Gasteiger partial charge in [0.2, 0.25) is 0 Å². The zero-order chi connectivity index (χ0) is 10.7. The van der Waals surface area contributed by atoms with Crippen LogP contribution in [0.1, 0.15) is 22.8 Å². The van der Waals surface area contributed by atoms with Crippen LogP contribution < -0.4 is 5.73 Å².